The molecule has 0 saturated heterocycles. The number of hydrogen-bond donors (Lipinski definition) is 0. The lowest BCUT2D eigenvalue weighted by atomic mass is 10.2. The van der Waals surface area contributed by atoms with E-state index in [9.17, 15) is 4.79 Å². The van der Waals surface area contributed by atoms with E-state index in [2.05, 4.69) is 38.5 Å². The highest BCUT2D eigenvalue weighted by Gasteiger charge is 2.04. The molecule has 0 aliphatic carbocycles. The molecule has 0 atom stereocenters. The molecule has 2 aromatic carbocycles. The van der Waals surface area contributed by atoms with Crippen molar-refractivity contribution in [3.63, 3.8) is 0 Å². The maximum atomic E-state index is 10.9. The van der Waals surface area contributed by atoms with Gasteiger partial charge in [-0.25, -0.2) is 0 Å². The molecule has 0 N–H and O–H groups in total. The van der Waals surface area contributed by atoms with Crippen molar-refractivity contribution >= 4 is 44.8 Å². The maximum Gasteiger partial charge on any atom is 0.153 e. The predicted molar refractivity (Wildman–Crippen MR) is 83.0 cm³/mol. The second-order valence-corrected chi connectivity index (χ2v) is 5.88. The Morgan fingerprint density at radius 3 is 2.56 bits per heavy atom. The van der Waals surface area contributed by atoms with Gasteiger partial charge < -0.3 is 4.74 Å². The Hall–Kier alpha value is -0.880. The highest BCUT2D eigenvalue weighted by molar-refractivity contribution is 14.1. The summed E-state index contributed by atoms with van der Waals surface area (Å²) in [6.07, 6.45) is 0.800. The third-order valence-electron chi connectivity index (χ3n) is 2.41. The van der Waals surface area contributed by atoms with Crippen LogP contribution in [-0.2, 0) is 6.61 Å². The van der Waals surface area contributed by atoms with Gasteiger partial charge in [0.15, 0.2) is 6.29 Å². The first kappa shape index (κ1) is 13.5. The Morgan fingerprint density at radius 1 is 1.17 bits per heavy atom. The molecule has 92 valence electrons. The molecule has 4 heteroatoms. The summed E-state index contributed by atoms with van der Waals surface area (Å²) in [5.41, 5.74) is 1.63. The van der Waals surface area contributed by atoms with Crippen LogP contribution in [0.4, 0.5) is 0 Å². The molecule has 0 saturated carbocycles. The first-order valence-corrected chi connectivity index (χ1v) is 7.18. The van der Waals surface area contributed by atoms with E-state index in [0.717, 1.165) is 16.3 Å². The first-order valence-electron chi connectivity index (χ1n) is 5.31. The Bertz CT molecular complexity index is 552. The summed E-state index contributed by atoms with van der Waals surface area (Å²) < 4.78 is 7.71. The lowest BCUT2D eigenvalue weighted by molar-refractivity contribution is 0.111. The van der Waals surface area contributed by atoms with Crippen molar-refractivity contribution < 1.29 is 9.53 Å². The minimum atomic E-state index is 0.458. The van der Waals surface area contributed by atoms with E-state index in [4.69, 9.17) is 4.74 Å². The highest BCUT2D eigenvalue weighted by Crippen LogP contribution is 2.22. The number of halogens is 2. The van der Waals surface area contributed by atoms with Gasteiger partial charge in [-0.15, -0.1) is 0 Å². The summed E-state index contributed by atoms with van der Waals surface area (Å²) in [5.74, 6) is 0.603. The van der Waals surface area contributed by atoms with Gasteiger partial charge in [0.25, 0.3) is 0 Å². The molecule has 0 radical (unpaired) electrons. The van der Waals surface area contributed by atoms with Crippen LogP contribution in [0.3, 0.4) is 0 Å². The number of ether oxygens (including phenoxy) is 1. The summed E-state index contributed by atoms with van der Waals surface area (Å²) in [6, 6.07) is 13.5. The fraction of sp³-hybridized carbons (Fsp3) is 0.0714. The molecule has 0 spiro atoms. The number of benzene rings is 2. The second-order valence-electron chi connectivity index (χ2n) is 3.72. The fourth-order valence-corrected chi connectivity index (χ4v) is 2.22. The number of rotatable bonds is 4. The Labute approximate surface area is 128 Å². The van der Waals surface area contributed by atoms with Gasteiger partial charge >= 0.3 is 0 Å². The number of carbonyl (C=O) groups excluding carboxylic acids is 1. The fourth-order valence-electron chi connectivity index (χ4n) is 1.48. The van der Waals surface area contributed by atoms with Gasteiger partial charge in [-0.05, 0) is 58.5 Å². The second kappa shape index (κ2) is 6.33. The average Bonchev–Trinajstić information content (AvgIpc) is 2.39. The molecule has 0 aromatic heterocycles. The summed E-state index contributed by atoms with van der Waals surface area (Å²) in [7, 11) is 0. The smallest absolute Gasteiger partial charge is 0.153 e. The number of carbonyl (C=O) groups is 1. The van der Waals surface area contributed by atoms with Crippen LogP contribution in [-0.4, -0.2) is 6.29 Å². The summed E-state index contributed by atoms with van der Waals surface area (Å²) in [4.78, 5) is 10.9. The zero-order valence-electron chi connectivity index (χ0n) is 9.40. The Morgan fingerprint density at radius 2 is 1.89 bits per heavy atom. The van der Waals surface area contributed by atoms with Crippen molar-refractivity contribution in [1.29, 1.82) is 0 Å². The molecule has 2 aromatic rings. The largest absolute Gasteiger partial charge is 0.488 e. The standard InChI is InChI=1S/C14H10BrIO2/c15-12-3-6-14(11(7-12)8-17)18-9-10-1-4-13(16)5-2-10/h1-8H,9H2. The van der Waals surface area contributed by atoms with Crippen LogP contribution in [0.15, 0.2) is 46.9 Å². The third kappa shape index (κ3) is 3.55. The van der Waals surface area contributed by atoms with Crippen LogP contribution in [0.2, 0.25) is 0 Å². The molecule has 0 aliphatic rings. The zero-order valence-corrected chi connectivity index (χ0v) is 13.1. The van der Waals surface area contributed by atoms with Gasteiger partial charge in [0.05, 0.1) is 5.56 Å². The topological polar surface area (TPSA) is 26.3 Å². The number of hydrogen-bond acceptors (Lipinski definition) is 2. The minimum absolute atomic E-state index is 0.458. The van der Waals surface area contributed by atoms with Crippen molar-refractivity contribution in [2.24, 2.45) is 0 Å². The molecule has 0 unspecified atom stereocenters. The minimum Gasteiger partial charge on any atom is -0.488 e. The Balaban J connectivity index is 2.10. The predicted octanol–water partition coefficient (Wildman–Crippen LogP) is 4.45. The van der Waals surface area contributed by atoms with E-state index < -0.39 is 0 Å². The molecule has 0 amide bonds. The molecule has 18 heavy (non-hydrogen) atoms. The van der Waals surface area contributed by atoms with E-state index in [1.807, 2.05) is 30.3 Å². The van der Waals surface area contributed by atoms with Gasteiger partial charge in [0, 0.05) is 8.04 Å². The van der Waals surface area contributed by atoms with Crippen LogP contribution in [0.1, 0.15) is 15.9 Å². The quantitative estimate of drug-likeness (QED) is 0.543. The van der Waals surface area contributed by atoms with E-state index in [1.54, 1.807) is 12.1 Å². The van der Waals surface area contributed by atoms with Gasteiger partial charge in [-0.3, -0.25) is 4.79 Å². The van der Waals surface area contributed by atoms with E-state index in [-0.39, 0.29) is 0 Å². The number of aldehydes is 1. The van der Waals surface area contributed by atoms with Crippen molar-refractivity contribution in [3.05, 3.63) is 61.6 Å². The average molecular weight is 417 g/mol. The van der Waals surface area contributed by atoms with Crippen LogP contribution >= 0.6 is 38.5 Å². The van der Waals surface area contributed by atoms with Crippen molar-refractivity contribution in [1.82, 2.24) is 0 Å². The molecular weight excluding hydrogens is 407 g/mol. The molecular formula is C14H10BrIO2. The zero-order chi connectivity index (χ0) is 13.0. The van der Waals surface area contributed by atoms with Crippen molar-refractivity contribution in [2.45, 2.75) is 6.61 Å². The third-order valence-corrected chi connectivity index (χ3v) is 3.62. The van der Waals surface area contributed by atoms with Crippen molar-refractivity contribution in [2.75, 3.05) is 0 Å². The molecule has 0 bridgehead atoms. The SMILES string of the molecule is O=Cc1cc(Br)ccc1OCc1ccc(I)cc1. The molecule has 2 rings (SSSR count). The van der Waals surface area contributed by atoms with Gasteiger partial charge in [-0.1, -0.05) is 28.1 Å². The van der Waals surface area contributed by atoms with Crippen LogP contribution in [0.25, 0.3) is 0 Å². The molecule has 0 aliphatic heterocycles. The Kier molecular flexibility index (Phi) is 4.77. The van der Waals surface area contributed by atoms with E-state index >= 15 is 0 Å². The molecule has 0 heterocycles. The first-order chi connectivity index (χ1) is 8.69. The van der Waals surface area contributed by atoms with E-state index in [0.29, 0.717) is 17.9 Å². The van der Waals surface area contributed by atoms with Gasteiger partial charge in [0.1, 0.15) is 12.4 Å². The maximum absolute atomic E-state index is 10.9. The van der Waals surface area contributed by atoms with Crippen LogP contribution in [0, 0.1) is 3.57 Å². The van der Waals surface area contributed by atoms with Crippen molar-refractivity contribution in [3.8, 4) is 5.75 Å². The van der Waals surface area contributed by atoms with Gasteiger partial charge in [0.2, 0.25) is 0 Å². The van der Waals surface area contributed by atoms with Gasteiger partial charge in [-0.2, -0.15) is 0 Å². The lowest BCUT2D eigenvalue weighted by Crippen LogP contribution is -1.98. The monoisotopic (exact) mass is 416 g/mol. The van der Waals surface area contributed by atoms with Crippen LogP contribution in [0.5, 0.6) is 5.75 Å². The lowest BCUT2D eigenvalue weighted by Gasteiger charge is -2.08. The van der Waals surface area contributed by atoms with E-state index in [1.165, 1.54) is 3.57 Å². The summed E-state index contributed by atoms with van der Waals surface area (Å²) in [6.45, 7) is 0.458. The molecule has 2 nitrogen and oxygen atoms in total. The normalized spacial score (nSPS) is 10.1. The highest BCUT2D eigenvalue weighted by atomic mass is 127. The summed E-state index contributed by atoms with van der Waals surface area (Å²) >= 11 is 5.58. The molecule has 0 fully saturated rings. The van der Waals surface area contributed by atoms with Crippen LogP contribution < -0.4 is 4.74 Å². The summed E-state index contributed by atoms with van der Waals surface area (Å²) in [5, 5.41) is 0.